The topological polar surface area (TPSA) is 40.7 Å². The number of hydrogen-bond acceptors (Lipinski definition) is 1. The lowest BCUT2D eigenvalue weighted by Gasteiger charge is -2.05. The molecular formula is C22H48O2. The minimum absolute atomic E-state index is 0. The van der Waals surface area contributed by atoms with Crippen LogP contribution in [0.5, 0.6) is 0 Å². The van der Waals surface area contributed by atoms with Gasteiger partial charge in [0.1, 0.15) is 0 Å². The first-order valence-electron chi connectivity index (χ1n) is 11.0. The monoisotopic (exact) mass is 344 g/mol. The van der Waals surface area contributed by atoms with Crippen molar-refractivity contribution in [3.63, 3.8) is 0 Å². The highest BCUT2D eigenvalue weighted by atomic mass is 16.5. The molecule has 0 aromatic heterocycles. The van der Waals surface area contributed by atoms with Gasteiger partial charge < -0.3 is 10.2 Å². The molecule has 2 N–H and O–H groups in total. The van der Waals surface area contributed by atoms with Crippen LogP contribution in [0.1, 0.15) is 129 Å². The van der Waals surface area contributed by atoms with E-state index in [1.165, 1.54) is 116 Å². The number of unbranched alkanes of at least 4 members (excludes halogenated alkanes) is 16. The van der Waals surface area contributed by atoms with Crippen LogP contribution >= 0.6 is 0 Å². The summed E-state index contributed by atoms with van der Waals surface area (Å²) in [6.07, 6.45) is 25.3. The quantitative estimate of drug-likeness (QED) is 0.215. The van der Waals surface area contributed by atoms with E-state index in [2.05, 4.69) is 13.8 Å². The zero-order valence-corrected chi connectivity index (χ0v) is 17.1. The molecule has 0 radical (unpaired) electrons. The first-order valence-corrected chi connectivity index (χ1v) is 11.0. The molecule has 0 aliphatic heterocycles. The van der Waals surface area contributed by atoms with Gasteiger partial charge in [0.15, 0.2) is 0 Å². The zero-order chi connectivity index (χ0) is 16.8. The Morgan fingerprint density at radius 1 is 0.375 bits per heavy atom. The molecule has 0 aromatic carbocycles. The minimum Gasteiger partial charge on any atom is -0.412 e. The standard InChI is InChI=1S/C22H46O.H2O/c1-3-5-7-9-10-11-12-13-14-15-16-17-18-20-22-23-21-19-8-6-4-2;/h3-22H2,1-2H3;1H2. The molecule has 0 heterocycles. The summed E-state index contributed by atoms with van der Waals surface area (Å²) in [5.74, 6) is 0. The number of ether oxygens (including phenoxy) is 1. The summed E-state index contributed by atoms with van der Waals surface area (Å²) in [4.78, 5) is 0. The maximum absolute atomic E-state index is 5.69. The van der Waals surface area contributed by atoms with E-state index < -0.39 is 0 Å². The molecule has 0 rings (SSSR count). The molecular weight excluding hydrogens is 296 g/mol. The molecule has 0 atom stereocenters. The maximum atomic E-state index is 5.69. The molecule has 0 amide bonds. The molecule has 0 unspecified atom stereocenters. The van der Waals surface area contributed by atoms with Gasteiger partial charge in [0.2, 0.25) is 0 Å². The molecule has 0 aromatic rings. The van der Waals surface area contributed by atoms with Crippen LogP contribution in [0.4, 0.5) is 0 Å². The van der Waals surface area contributed by atoms with E-state index >= 15 is 0 Å². The Morgan fingerprint density at radius 2 is 0.625 bits per heavy atom. The van der Waals surface area contributed by atoms with Crippen LogP contribution in [0.25, 0.3) is 0 Å². The normalized spacial score (nSPS) is 10.8. The molecule has 0 bridgehead atoms. The fourth-order valence-electron chi connectivity index (χ4n) is 3.13. The lowest BCUT2D eigenvalue weighted by molar-refractivity contribution is 0.125. The van der Waals surface area contributed by atoms with Crippen LogP contribution in [0.2, 0.25) is 0 Å². The van der Waals surface area contributed by atoms with Crippen LogP contribution in [0, 0.1) is 0 Å². The highest BCUT2D eigenvalue weighted by molar-refractivity contribution is 4.49. The van der Waals surface area contributed by atoms with Gasteiger partial charge in [-0.05, 0) is 12.8 Å². The molecule has 24 heavy (non-hydrogen) atoms. The molecule has 2 heteroatoms. The van der Waals surface area contributed by atoms with Gasteiger partial charge >= 0.3 is 0 Å². The van der Waals surface area contributed by atoms with Gasteiger partial charge in [0.05, 0.1) is 0 Å². The maximum Gasteiger partial charge on any atom is 0.0466 e. The van der Waals surface area contributed by atoms with Crippen molar-refractivity contribution < 1.29 is 10.2 Å². The van der Waals surface area contributed by atoms with Crippen molar-refractivity contribution in [2.24, 2.45) is 0 Å². The first kappa shape index (κ1) is 26.2. The van der Waals surface area contributed by atoms with E-state index in [0.29, 0.717) is 0 Å². The predicted octanol–water partition coefficient (Wildman–Crippen LogP) is 7.24. The Morgan fingerprint density at radius 3 is 0.958 bits per heavy atom. The second-order valence-electron chi connectivity index (χ2n) is 7.27. The smallest absolute Gasteiger partial charge is 0.0466 e. The van der Waals surface area contributed by atoms with E-state index in [1.54, 1.807) is 0 Å². The average molecular weight is 345 g/mol. The van der Waals surface area contributed by atoms with Gasteiger partial charge in [-0.25, -0.2) is 0 Å². The Balaban J connectivity index is 0. The fraction of sp³-hybridized carbons (Fsp3) is 1.00. The lowest BCUT2D eigenvalue weighted by atomic mass is 10.0. The minimum atomic E-state index is 0. The van der Waals surface area contributed by atoms with E-state index in [4.69, 9.17) is 4.74 Å². The van der Waals surface area contributed by atoms with Gasteiger partial charge in [0, 0.05) is 13.2 Å². The van der Waals surface area contributed by atoms with Crippen molar-refractivity contribution in [2.45, 2.75) is 129 Å². The summed E-state index contributed by atoms with van der Waals surface area (Å²) in [5.41, 5.74) is 0. The van der Waals surface area contributed by atoms with Gasteiger partial charge in [-0.15, -0.1) is 0 Å². The van der Waals surface area contributed by atoms with Crippen molar-refractivity contribution in [1.82, 2.24) is 0 Å². The van der Waals surface area contributed by atoms with E-state index in [1.807, 2.05) is 0 Å². The van der Waals surface area contributed by atoms with E-state index in [9.17, 15) is 0 Å². The van der Waals surface area contributed by atoms with Crippen molar-refractivity contribution in [1.29, 1.82) is 0 Å². The van der Waals surface area contributed by atoms with Gasteiger partial charge in [-0.3, -0.25) is 0 Å². The van der Waals surface area contributed by atoms with Crippen molar-refractivity contribution in [2.75, 3.05) is 13.2 Å². The van der Waals surface area contributed by atoms with Gasteiger partial charge in [-0.1, -0.05) is 117 Å². The third-order valence-electron chi connectivity index (χ3n) is 4.78. The lowest BCUT2D eigenvalue weighted by Crippen LogP contribution is -1.97. The summed E-state index contributed by atoms with van der Waals surface area (Å²) in [5, 5.41) is 0. The Kier molecular flexibility index (Phi) is 27.4. The zero-order valence-electron chi connectivity index (χ0n) is 17.1. The average Bonchev–Trinajstić information content (AvgIpc) is 2.57. The molecule has 0 aliphatic carbocycles. The van der Waals surface area contributed by atoms with Crippen LogP contribution in [-0.2, 0) is 4.74 Å². The Bertz CT molecular complexity index is 174. The summed E-state index contributed by atoms with van der Waals surface area (Å²) in [6.45, 7) is 6.53. The highest BCUT2D eigenvalue weighted by Crippen LogP contribution is 2.13. The van der Waals surface area contributed by atoms with E-state index in [-0.39, 0.29) is 5.48 Å². The van der Waals surface area contributed by atoms with Crippen LogP contribution in [0.15, 0.2) is 0 Å². The number of rotatable bonds is 20. The second-order valence-corrected chi connectivity index (χ2v) is 7.27. The van der Waals surface area contributed by atoms with Crippen LogP contribution in [-0.4, -0.2) is 18.7 Å². The van der Waals surface area contributed by atoms with Crippen molar-refractivity contribution >= 4 is 0 Å². The fourth-order valence-corrected chi connectivity index (χ4v) is 3.13. The summed E-state index contributed by atoms with van der Waals surface area (Å²) < 4.78 is 5.69. The molecule has 0 spiro atoms. The number of hydrogen-bond donors (Lipinski definition) is 0. The first-order chi connectivity index (χ1) is 11.4. The Labute approximate surface area is 153 Å². The molecule has 0 aliphatic rings. The highest BCUT2D eigenvalue weighted by Gasteiger charge is 1.94. The third kappa shape index (κ3) is 24.2. The molecule has 0 saturated carbocycles. The predicted molar refractivity (Wildman–Crippen MR) is 109 cm³/mol. The van der Waals surface area contributed by atoms with E-state index in [0.717, 1.165) is 13.2 Å². The second kappa shape index (κ2) is 25.2. The van der Waals surface area contributed by atoms with Gasteiger partial charge in [0.25, 0.3) is 0 Å². The summed E-state index contributed by atoms with van der Waals surface area (Å²) in [6, 6.07) is 0. The summed E-state index contributed by atoms with van der Waals surface area (Å²) in [7, 11) is 0. The van der Waals surface area contributed by atoms with Gasteiger partial charge in [-0.2, -0.15) is 0 Å². The molecule has 2 nitrogen and oxygen atoms in total. The summed E-state index contributed by atoms with van der Waals surface area (Å²) >= 11 is 0. The molecule has 0 fully saturated rings. The third-order valence-corrected chi connectivity index (χ3v) is 4.78. The molecule has 148 valence electrons. The largest absolute Gasteiger partial charge is 0.412 e. The SMILES string of the molecule is CCCCCCCCCCCCCCCCOCCCCCC.O. The van der Waals surface area contributed by atoms with Crippen molar-refractivity contribution in [3.05, 3.63) is 0 Å². The molecule has 0 saturated heterocycles. The van der Waals surface area contributed by atoms with Crippen molar-refractivity contribution in [3.8, 4) is 0 Å². The van der Waals surface area contributed by atoms with Crippen LogP contribution < -0.4 is 0 Å². The Hall–Kier alpha value is -0.0800. The van der Waals surface area contributed by atoms with Crippen LogP contribution in [0.3, 0.4) is 0 Å².